The van der Waals surface area contributed by atoms with Gasteiger partial charge in [0.2, 0.25) is 11.8 Å². The maximum absolute atomic E-state index is 12.4. The fourth-order valence-electron chi connectivity index (χ4n) is 2.92. The molecule has 0 saturated carbocycles. The molecule has 0 aliphatic carbocycles. The largest absolute Gasteiger partial charge is 0.495 e. The first-order chi connectivity index (χ1) is 12.0. The normalized spacial score (nSPS) is 13.8. The summed E-state index contributed by atoms with van der Waals surface area (Å²) >= 11 is 1.78. The molecule has 6 nitrogen and oxygen atoms in total. The smallest absolute Gasteiger partial charge is 0.238 e. The number of nitrogens with one attached hydrogen (secondary N) is 2. The molecule has 0 unspecified atom stereocenters. The van der Waals surface area contributed by atoms with Gasteiger partial charge >= 0.3 is 0 Å². The predicted molar refractivity (Wildman–Crippen MR) is 99.2 cm³/mol. The number of benzene rings is 1. The second-order valence-corrected chi connectivity index (χ2v) is 6.97. The molecule has 0 spiro atoms. The zero-order valence-electron chi connectivity index (χ0n) is 14.3. The summed E-state index contributed by atoms with van der Waals surface area (Å²) < 4.78 is 5.29. The second-order valence-electron chi connectivity index (χ2n) is 5.97. The molecule has 2 aromatic rings. The SMILES string of the molecule is COc1ccc(NC(C)=O)cc1NC(=O)CN1CCc2sccc2C1. The zero-order valence-corrected chi connectivity index (χ0v) is 15.1. The molecule has 0 atom stereocenters. The third kappa shape index (κ3) is 4.37. The number of hydrogen-bond donors (Lipinski definition) is 2. The molecule has 0 saturated heterocycles. The summed E-state index contributed by atoms with van der Waals surface area (Å²) in [7, 11) is 1.55. The summed E-state index contributed by atoms with van der Waals surface area (Å²) in [6, 6.07) is 7.29. The van der Waals surface area contributed by atoms with Gasteiger partial charge in [0.1, 0.15) is 5.75 Å². The summed E-state index contributed by atoms with van der Waals surface area (Å²) in [5.74, 6) is 0.292. The van der Waals surface area contributed by atoms with Crippen LogP contribution in [0.5, 0.6) is 5.75 Å². The number of methoxy groups -OCH3 is 1. The third-order valence-corrected chi connectivity index (χ3v) is 5.07. The molecule has 0 radical (unpaired) electrons. The van der Waals surface area contributed by atoms with Crippen LogP contribution in [0.25, 0.3) is 0 Å². The van der Waals surface area contributed by atoms with E-state index in [9.17, 15) is 9.59 Å². The van der Waals surface area contributed by atoms with Crippen molar-refractivity contribution in [1.82, 2.24) is 4.90 Å². The van der Waals surface area contributed by atoms with Gasteiger partial charge in [-0.3, -0.25) is 14.5 Å². The Morgan fingerprint density at radius 2 is 2.12 bits per heavy atom. The Kier molecular flexibility index (Phi) is 5.35. The Morgan fingerprint density at radius 1 is 1.28 bits per heavy atom. The fourth-order valence-corrected chi connectivity index (χ4v) is 3.81. The molecule has 2 heterocycles. The van der Waals surface area contributed by atoms with E-state index < -0.39 is 0 Å². The number of carbonyl (C=O) groups excluding carboxylic acids is 2. The molecule has 2 amide bonds. The fraction of sp³-hybridized carbons (Fsp3) is 0.333. The topological polar surface area (TPSA) is 70.7 Å². The lowest BCUT2D eigenvalue weighted by molar-refractivity contribution is -0.117. The first-order valence-electron chi connectivity index (χ1n) is 8.08. The van der Waals surface area contributed by atoms with Gasteiger partial charge in [0.05, 0.1) is 19.3 Å². The van der Waals surface area contributed by atoms with Crippen LogP contribution in [0.3, 0.4) is 0 Å². The van der Waals surface area contributed by atoms with Gasteiger partial charge < -0.3 is 15.4 Å². The van der Waals surface area contributed by atoms with Crippen molar-refractivity contribution in [2.24, 2.45) is 0 Å². The molecule has 7 heteroatoms. The van der Waals surface area contributed by atoms with E-state index in [1.165, 1.54) is 17.4 Å². The lowest BCUT2D eigenvalue weighted by atomic mass is 10.1. The zero-order chi connectivity index (χ0) is 17.8. The number of anilines is 2. The molecule has 132 valence electrons. The van der Waals surface area contributed by atoms with Gasteiger partial charge in [0, 0.05) is 30.6 Å². The maximum Gasteiger partial charge on any atom is 0.238 e. The first-order valence-corrected chi connectivity index (χ1v) is 8.96. The lowest BCUT2D eigenvalue weighted by Crippen LogP contribution is -2.36. The van der Waals surface area contributed by atoms with Crippen LogP contribution in [0.4, 0.5) is 11.4 Å². The van der Waals surface area contributed by atoms with Gasteiger partial charge in [0.15, 0.2) is 0 Å². The Balaban J connectivity index is 1.65. The molecular weight excluding hydrogens is 338 g/mol. The number of ether oxygens (including phenoxy) is 1. The van der Waals surface area contributed by atoms with Crippen LogP contribution in [-0.4, -0.2) is 36.9 Å². The Hall–Kier alpha value is -2.38. The second kappa shape index (κ2) is 7.67. The van der Waals surface area contributed by atoms with Crippen LogP contribution in [0.2, 0.25) is 0 Å². The van der Waals surface area contributed by atoms with E-state index in [4.69, 9.17) is 4.74 Å². The van der Waals surface area contributed by atoms with Gasteiger partial charge in [0.25, 0.3) is 0 Å². The number of carbonyl (C=O) groups is 2. The van der Waals surface area contributed by atoms with Crippen molar-refractivity contribution >= 4 is 34.5 Å². The maximum atomic E-state index is 12.4. The Bertz CT molecular complexity index is 788. The van der Waals surface area contributed by atoms with E-state index >= 15 is 0 Å². The first kappa shape index (κ1) is 17.4. The van der Waals surface area contributed by atoms with Crippen molar-refractivity contribution < 1.29 is 14.3 Å². The molecule has 1 aromatic carbocycles. The molecule has 3 rings (SSSR count). The highest BCUT2D eigenvalue weighted by Crippen LogP contribution is 2.28. The summed E-state index contributed by atoms with van der Waals surface area (Å²) in [5.41, 5.74) is 2.48. The van der Waals surface area contributed by atoms with Crippen LogP contribution < -0.4 is 15.4 Å². The minimum Gasteiger partial charge on any atom is -0.495 e. The van der Waals surface area contributed by atoms with E-state index in [1.54, 1.807) is 36.6 Å². The highest BCUT2D eigenvalue weighted by Gasteiger charge is 2.20. The average Bonchev–Trinajstić information content (AvgIpc) is 3.02. The van der Waals surface area contributed by atoms with Crippen molar-refractivity contribution in [3.8, 4) is 5.75 Å². The monoisotopic (exact) mass is 359 g/mol. The highest BCUT2D eigenvalue weighted by molar-refractivity contribution is 7.10. The van der Waals surface area contributed by atoms with E-state index in [0.29, 0.717) is 23.7 Å². The van der Waals surface area contributed by atoms with Crippen LogP contribution in [0.15, 0.2) is 29.6 Å². The standard InChI is InChI=1S/C18H21N3O3S/c1-12(22)19-14-3-4-16(24-2)15(9-14)20-18(23)11-21-7-5-17-13(10-21)6-8-25-17/h3-4,6,8-9H,5,7,10-11H2,1-2H3,(H,19,22)(H,20,23). The average molecular weight is 359 g/mol. The molecule has 1 aliphatic heterocycles. The van der Waals surface area contributed by atoms with Crippen LogP contribution in [-0.2, 0) is 22.6 Å². The number of fused-ring (bicyclic) bond motifs is 1. The molecule has 0 fully saturated rings. The molecule has 2 N–H and O–H groups in total. The van der Waals surface area contributed by atoms with Crippen LogP contribution >= 0.6 is 11.3 Å². The number of rotatable bonds is 5. The summed E-state index contributed by atoms with van der Waals surface area (Å²) in [6.45, 7) is 3.44. The van der Waals surface area contributed by atoms with Crippen molar-refractivity contribution in [1.29, 1.82) is 0 Å². The van der Waals surface area contributed by atoms with Gasteiger partial charge in [-0.1, -0.05) is 0 Å². The number of nitrogens with zero attached hydrogens (tertiary/aromatic N) is 1. The van der Waals surface area contributed by atoms with E-state index in [-0.39, 0.29) is 11.8 Å². The van der Waals surface area contributed by atoms with Crippen molar-refractivity contribution in [3.63, 3.8) is 0 Å². The van der Waals surface area contributed by atoms with E-state index in [1.807, 2.05) is 0 Å². The predicted octanol–water partition coefficient (Wildman–Crippen LogP) is 2.71. The quantitative estimate of drug-likeness (QED) is 0.861. The van der Waals surface area contributed by atoms with Crippen molar-refractivity contribution in [3.05, 3.63) is 40.1 Å². The van der Waals surface area contributed by atoms with Crippen molar-refractivity contribution in [2.45, 2.75) is 19.9 Å². The number of amides is 2. The molecule has 1 aromatic heterocycles. The van der Waals surface area contributed by atoms with E-state index in [0.717, 1.165) is 19.5 Å². The molecule has 25 heavy (non-hydrogen) atoms. The van der Waals surface area contributed by atoms with Gasteiger partial charge in [-0.2, -0.15) is 0 Å². The van der Waals surface area contributed by atoms with Gasteiger partial charge in [-0.15, -0.1) is 11.3 Å². The summed E-state index contributed by atoms with van der Waals surface area (Å²) in [4.78, 5) is 27.2. The Morgan fingerprint density at radius 3 is 2.88 bits per heavy atom. The molecule has 0 bridgehead atoms. The summed E-state index contributed by atoms with van der Waals surface area (Å²) in [5, 5.41) is 7.69. The van der Waals surface area contributed by atoms with E-state index in [2.05, 4.69) is 27.0 Å². The minimum atomic E-state index is -0.165. The van der Waals surface area contributed by atoms with Gasteiger partial charge in [-0.25, -0.2) is 0 Å². The summed E-state index contributed by atoms with van der Waals surface area (Å²) in [6.07, 6.45) is 0.988. The minimum absolute atomic E-state index is 0.100. The Labute approximate surface area is 150 Å². The van der Waals surface area contributed by atoms with Crippen LogP contribution in [0, 0.1) is 0 Å². The van der Waals surface area contributed by atoms with Crippen LogP contribution in [0.1, 0.15) is 17.4 Å². The number of thiophene rings is 1. The third-order valence-electron chi connectivity index (χ3n) is 4.05. The molecule has 1 aliphatic rings. The highest BCUT2D eigenvalue weighted by atomic mass is 32.1. The van der Waals surface area contributed by atoms with Crippen molar-refractivity contribution in [2.75, 3.05) is 30.8 Å². The number of hydrogen-bond acceptors (Lipinski definition) is 5. The van der Waals surface area contributed by atoms with Gasteiger partial charge in [-0.05, 0) is 41.6 Å². The lowest BCUT2D eigenvalue weighted by Gasteiger charge is -2.26. The molecular formula is C18H21N3O3S.